The van der Waals surface area contributed by atoms with Gasteiger partial charge in [0.2, 0.25) is 5.88 Å². The molecule has 1 fully saturated rings. The molecule has 0 saturated carbocycles. The topological polar surface area (TPSA) is 76.3 Å². The Kier molecular flexibility index (Phi) is 5.53. The number of rotatable bonds is 6. The Morgan fingerprint density at radius 3 is 2.92 bits per heavy atom. The van der Waals surface area contributed by atoms with Gasteiger partial charge >= 0.3 is 0 Å². The van der Waals surface area contributed by atoms with Crippen molar-refractivity contribution < 1.29 is 9.84 Å². The van der Waals surface area contributed by atoms with Gasteiger partial charge in [-0.15, -0.1) is 0 Å². The fourth-order valence-corrected chi connectivity index (χ4v) is 3.16. The minimum Gasteiger partial charge on any atom is -0.476 e. The summed E-state index contributed by atoms with van der Waals surface area (Å²) in [6.45, 7) is 6.47. The normalized spacial score (nSPS) is 19.2. The van der Waals surface area contributed by atoms with Gasteiger partial charge in [0, 0.05) is 38.4 Å². The summed E-state index contributed by atoms with van der Waals surface area (Å²) in [5.41, 5.74) is 0. The van der Waals surface area contributed by atoms with Crippen LogP contribution in [-0.4, -0.2) is 44.3 Å². The molecule has 3 heterocycles. The summed E-state index contributed by atoms with van der Waals surface area (Å²) in [7, 11) is 1.91. The summed E-state index contributed by atoms with van der Waals surface area (Å²) < 4.78 is 7.56. The maximum Gasteiger partial charge on any atom is 0.234 e. The number of piperidine rings is 1. The van der Waals surface area contributed by atoms with E-state index >= 15 is 0 Å². The van der Waals surface area contributed by atoms with Crippen molar-refractivity contribution in [1.82, 2.24) is 19.5 Å². The van der Waals surface area contributed by atoms with E-state index in [0.717, 1.165) is 31.7 Å². The van der Waals surface area contributed by atoms with E-state index in [1.807, 2.05) is 17.8 Å². The summed E-state index contributed by atoms with van der Waals surface area (Å²) in [6, 6.07) is 0. The SMILES string of the molecule is CC(C)COc1cncc(N2CCCC(C(O)c3nccn3C)C2)n1. The molecule has 1 saturated heterocycles. The van der Waals surface area contributed by atoms with Gasteiger partial charge in [-0.2, -0.15) is 4.98 Å². The summed E-state index contributed by atoms with van der Waals surface area (Å²) >= 11 is 0. The third-order valence-electron chi connectivity index (χ3n) is 4.52. The number of aliphatic hydroxyl groups excluding tert-OH is 1. The standard InChI is InChI=1S/C18H27N5O2/c1-13(2)12-25-16-10-19-9-15(21-16)23-7-4-5-14(11-23)17(24)18-20-6-8-22(18)3/h6,8-10,13-14,17,24H,4-5,7,11-12H2,1-3H3. The van der Waals surface area contributed by atoms with Crippen LogP contribution >= 0.6 is 0 Å². The monoisotopic (exact) mass is 345 g/mol. The average molecular weight is 345 g/mol. The number of imidazole rings is 1. The first-order valence-corrected chi connectivity index (χ1v) is 8.89. The predicted octanol–water partition coefficient (Wildman–Crippen LogP) is 2.19. The van der Waals surface area contributed by atoms with Crippen LogP contribution in [0, 0.1) is 11.8 Å². The van der Waals surface area contributed by atoms with E-state index in [2.05, 4.69) is 33.7 Å². The number of ether oxygens (including phenoxy) is 1. The second kappa shape index (κ2) is 7.82. The summed E-state index contributed by atoms with van der Waals surface area (Å²) in [6.07, 6.45) is 8.40. The molecule has 1 N–H and O–H groups in total. The molecule has 1 aliphatic heterocycles. The van der Waals surface area contributed by atoms with E-state index in [9.17, 15) is 5.11 Å². The number of aliphatic hydroxyl groups is 1. The van der Waals surface area contributed by atoms with Crippen molar-refractivity contribution in [2.24, 2.45) is 18.9 Å². The number of aromatic nitrogens is 4. The van der Waals surface area contributed by atoms with Crippen LogP contribution in [0.2, 0.25) is 0 Å². The van der Waals surface area contributed by atoms with E-state index in [0.29, 0.717) is 24.2 Å². The van der Waals surface area contributed by atoms with Crippen molar-refractivity contribution in [1.29, 1.82) is 0 Å². The van der Waals surface area contributed by atoms with Crippen molar-refractivity contribution in [2.75, 3.05) is 24.6 Å². The molecule has 3 rings (SSSR count). The number of anilines is 1. The molecule has 7 nitrogen and oxygen atoms in total. The first-order valence-electron chi connectivity index (χ1n) is 8.89. The van der Waals surface area contributed by atoms with Crippen molar-refractivity contribution >= 4 is 5.82 Å². The molecule has 0 radical (unpaired) electrons. The van der Waals surface area contributed by atoms with Crippen LogP contribution < -0.4 is 9.64 Å². The van der Waals surface area contributed by atoms with Gasteiger partial charge < -0.3 is 19.3 Å². The van der Waals surface area contributed by atoms with Gasteiger partial charge in [0.1, 0.15) is 11.9 Å². The maximum absolute atomic E-state index is 10.7. The van der Waals surface area contributed by atoms with Gasteiger partial charge in [-0.3, -0.25) is 4.98 Å². The molecule has 0 amide bonds. The Balaban J connectivity index is 1.69. The van der Waals surface area contributed by atoms with Gasteiger partial charge in [-0.25, -0.2) is 4.98 Å². The zero-order valence-corrected chi connectivity index (χ0v) is 15.2. The van der Waals surface area contributed by atoms with Crippen LogP contribution in [0.25, 0.3) is 0 Å². The third kappa shape index (κ3) is 4.28. The van der Waals surface area contributed by atoms with Gasteiger partial charge in [0.15, 0.2) is 5.82 Å². The molecule has 2 atom stereocenters. The zero-order chi connectivity index (χ0) is 17.8. The highest BCUT2D eigenvalue weighted by Gasteiger charge is 2.30. The molecule has 0 aromatic carbocycles. The fraction of sp³-hybridized carbons (Fsp3) is 0.611. The molecule has 7 heteroatoms. The molecule has 0 bridgehead atoms. The third-order valence-corrected chi connectivity index (χ3v) is 4.52. The molecular weight excluding hydrogens is 318 g/mol. The smallest absolute Gasteiger partial charge is 0.234 e. The van der Waals surface area contributed by atoms with Crippen molar-refractivity contribution in [3.05, 3.63) is 30.6 Å². The van der Waals surface area contributed by atoms with Gasteiger partial charge in [-0.1, -0.05) is 13.8 Å². The lowest BCUT2D eigenvalue weighted by Crippen LogP contribution is -2.39. The van der Waals surface area contributed by atoms with Crippen LogP contribution in [-0.2, 0) is 7.05 Å². The molecule has 2 unspecified atom stereocenters. The number of aryl methyl sites for hydroxylation is 1. The first-order chi connectivity index (χ1) is 12.0. The predicted molar refractivity (Wildman–Crippen MR) is 95.5 cm³/mol. The molecule has 1 aliphatic rings. The van der Waals surface area contributed by atoms with E-state index in [1.165, 1.54) is 0 Å². The molecule has 0 spiro atoms. The van der Waals surface area contributed by atoms with Crippen molar-refractivity contribution in [3.63, 3.8) is 0 Å². The highest BCUT2D eigenvalue weighted by molar-refractivity contribution is 5.38. The van der Waals surface area contributed by atoms with Crippen LogP contribution in [0.1, 0.15) is 38.6 Å². The maximum atomic E-state index is 10.7. The Morgan fingerprint density at radius 2 is 2.20 bits per heavy atom. The number of nitrogens with zero attached hydrogens (tertiary/aromatic N) is 5. The largest absolute Gasteiger partial charge is 0.476 e. The lowest BCUT2D eigenvalue weighted by molar-refractivity contribution is 0.0873. The molecule has 0 aliphatic carbocycles. The van der Waals surface area contributed by atoms with Crippen molar-refractivity contribution in [3.8, 4) is 5.88 Å². The lowest BCUT2D eigenvalue weighted by atomic mass is 9.92. The Morgan fingerprint density at radius 1 is 1.36 bits per heavy atom. The van der Waals surface area contributed by atoms with Crippen LogP contribution in [0.15, 0.2) is 24.8 Å². The highest BCUT2D eigenvalue weighted by Crippen LogP contribution is 2.30. The summed E-state index contributed by atoms with van der Waals surface area (Å²) in [4.78, 5) is 15.3. The summed E-state index contributed by atoms with van der Waals surface area (Å²) in [5, 5.41) is 10.7. The van der Waals surface area contributed by atoms with E-state index in [-0.39, 0.29) is 5.92 Å². The fourth-order valence-electron chi connectivity index (χ4n) is 3.16. The van der Waals surface area contributed by atoms with E-state index in [1.54, 1.807) is 18.6 Å². The van der Waals surface area contributed by atoms with E-state index < -0.39 is 6.10 Å². The number of hydrogen-bond acceptors (Lipinski definition) is 6. The second-order valence-electron chi connectivity index (χ2n) is 7.11. The molecule has 2 aromatic rings. The van der Waals surface area contributed by atoms with Crippen LogP contribution in [0.5, 0.6) is 5.88 Å². The highest BCUT2D eigenvalue weighted by atomic mass is 16.5. The average Bonchev–Trinajstić information content (AvgIpc) is 3.05. The van der Waals surface area contributed by atoms with Gasteiger partial charge in [0.25, 0.3) is 0 Å². The molecule has 2 aromatic heterocycles. The van der Waals surface area contributed by atoms with E-state index in [4.69, 9.17) is 4.74 Å². The molecular formula is C18H27N5O2. The lowest BCUT2D eigenvalue weighted by Gasteiger charge is -2.35. The minimum absolute atomic E-state index is 0.122. The Hall–Kier alpha value is -2.15. The Labute approximate surface area is 148 Å². The Bertz CT molecular complexity index is 688. The van der Waals surface area contributed by atoms with Gasteiger partial charge in [-0.05, 0) is 18.8 Å². The van der Waals surface area contributed by atoms with Crippen LogP contribution in [0.3, 0.4) is 0 Å². The second-order valence-corrected chi connectivity index (χ2v) is 7.11. The quantitative estimate of drug-likeness (QED) is 0.865. The minimum atomic E-state index is -0.573. The summed E-state index contributed by atoms with van der Waals surface area (Å²) in [5.74, 6) is 2.64. The molecule has 136 valence electrons. The van der Waals surface area contributed by atoms with Crippen molar-refractivity contribution in [2.45, 2.75) is 32.8 Å². The first kappa shape index (κ1) is 17.7. The van der Waals surface area contributed by atoms with Crippen LogP contribution in [0.4, 0.5) is 5.82 Å². The molecule has 25 heavy (non-hydrogen) atoms. The van der Waals surface area contributed by atoms with Gasteiger partial charge in [0.05, 0.1) is 19.0 Å². The zero-order valence-electron chi connectivity index (χ0n) is 15.2. The number of hydrogen-bond donors (Lipinski definition) is 1.